The predicted molar refractivity (Wildman–Crippen MR) is 105 cm³/mol. The summed E-state index contributed by atoms with van der Waals surface area (Å²) in [6.07, 6.45) is 6.66. The van der Waals surface area contributed by atoms with Crippen LogP contribution in [0.2, 0.25) is 10.0 Å². The zero-order chi connectivity index (χ0) is 17.4. The Morgan fingerprint density at radius 3 is 2.72 bits per heavy atom. The summed E-state index contributed by atoms with van der Waals surface area (Å²) in [7, 11) is 2.20. The van der Waals surface area contributed by atoms with Gasteiger partial charge in [0.1, 0.15) is 0 Å². The topological polar surface area (TPSA) is 21.1 Å². The molecule has 0 aliphatic carbocycles. The van der Waals surface area contributed by atoms with E-state index in [0.717, 1.165) is 43.9 Å². The lowest BCUT2D eigenvalue weighted by molar-refractivity contribution is 0.351. The number of aromatic nitrogens is 2. The third-order valence-corrected chi connectivity index (χ3v) is 5.55. The van der Waals surface area contributed by atoms with Crippen LogP contribution in [0.1, 0.15) is 16.8 Å². The van der Waals surface area contributed by atoms with E-state index >= 15 is 0 Å². The Labute approximate surface area is 158 Å². The van der Waals surface area contributed by atoms with E-state index in [1.807, 2.05) is 18.3 Å². The summed E-state index contributed by atoms with van der Waals surface area (Å²) < 4.78 is 2.47. The maximum absolute atomic E-state index is 6.29. The zero-order valence-electron chi connectivity index (χ0n) is 14.3. The zero-order valence-corrected chi connectivity index (χ0v) is 15.8. The molecule has 0 spiro atoms. The van der Waals surface area contributed by atoms with Crippen LogP contribution in [0.15, 0.2) is 36.7 Å². The number of likely N-dealkylation sites (N-methyl/N-ethyl adjacent to an activating group) is 1. The van der Waals surface area contributed by atoms with Gasteiger partial charge in [-0.05, 0) is 55.3 Å². The molecular weight excluding hydrogens is 353 g/mol. The molecule has 2 aromatic heterocycles. The standard InChI is InChI=1S/C20H21Cl2N3/c1-24-7-5-17-18-11-15(21)2-3-19(18)25(20(17)6-8-24)9-4-14-10-16(22)13-23-12-14/h2-3,10-13H,4-9H2,1H3. The van der Waals surface area contributed by atoms with Gasteiger partial charge in [0.05, 0.1) is 5.02 Å². The van der Waals surface area contributed by atoms with Crippen molar-refractivity contribution in [2.75, 3.05) is 20.1 Å². The highest BCUT2D eigenvalue weighted by atomic mass is 35.5. The number of hydrogen-bond acceptors (Lipinski definition) is 2. The largest absolute Gasteiger partial charge is 0.344 e. The van der Waals surface area contributed by atoms with Gasteiger partial charge in [0.25, 0.3) is 0 Å². The van der Waals surface area contributed by atoms with Crippen molar-refractivity contribution in [2.24, 2.45) is 0 Å². The molecular formula is C20H21Cl2N3. The lowest BCUT2D eigenvalue weighted by Gasteiger charge is -2.14. The van der Waals surface area contributed by atoms with E-state index in [-0.39, 0.29) is 0 Å². The van der Waals surface area contributed by atoms with Crippen molar-refractivity contribution in [3.63, 3.8) is 0 Å². The van der Waals surface area contributed by atoms with Crippen LogP contribution in [0.5, 0.6) is 0 Å². The molecule has 1 aliphatic heterocycles. The van der Waals surface area contributed by atoms with Crippen LogP contribution in [-0.4, -0.2) is 34.6 Å². The Kier molecular flexibility index (Phi) is 4.72. The molecule has 0 saturated carbocycles. The molecule has 0 saturated heterocycles. The fourth-order valence-electron chi connectivity index (χ4n) is 3.81. The lowest BCUT2D eigenvalue weighted by Crippen LogP contribution is -2.21. The predicted octanol–water partition coefficient (Wildman–Crippen LogP) is 4.62. The van der Waals surface area contributed by atoms with Gasteiger partial charge in [-0.3, -0.25) is 4.98 Å². The van der Waals surface area contributed by atoms with Gasteiger partial charge in [0, 0.05) is 60.1 Å². The second-order valence-corrected chi connectivity index (χ2v) is 7.68. The molecule has 3 heterocycles. The molecule has 4 rings (SSSR count). The number of pyridine rings is 1. The van der Waals surface area contributed by atoms with E-state index in [9.17, 15) is 0 Å². The number of aryl methyl sites for hydroxylation is 2. The molecule has 0 radical (unpaired) electrons. The minimum absolute atomic E-state index is 0.696. The second kappa shape index (κ2) is 6.99. The first-order valence-electron chi connectivity index (χ1n) is 8.69. The first kappa shape index (κ1) is 16.9. The van der Waals surface area contributed by atoms with Crippen molar-refractivity contribution >= 4 is 34.1 Å². The van der Waals surface area contributed by atoms with Crippen LogP contribution < -0.4 is 0 Å². The summed E-state index contributed by atoms with van der Waals surface area (Å²) in [5.41, 5.74) is 5.37. The van der Waals surface area contributed by atoms with E-state index < -0.39 is 0 Å². The van der Waals surface area contributed by atoms with Crippen molar-refractivity contribution in [2.45, 2.75) is 25.8 Å². The molecule has 0 N–H and O–H groups in total. The number of nitrogens with zero attached hydrogens (tertiary/aromatic N) is 3. The molecule has 0 atom stereocenters. The first-order chi connectivity index (χ1) is 12.1. The maximum Gasteiger partial charge on any atom is 0.0592 e. The van der Waals surface area contributed by atoms with E-state index in [0.29, 0.717) is 5.02 Å². The summed E-state index contributed by atoms with van der Waals surface area (Å²) in [5.74, 6) is 0. The average molecular weight is 374 g/mol. The van der Waals surface area contributed by atoms with Gasteiger partial charge in [-0.2, -0.15) is 0 Å². The van der Waals surface area contributed by atoms with Crippen LogP contribution in [0, 0.1) is 0 Å². The van der Waals surface area contributed by atoms with Crippen LogP contribution >= 0.6 is 23.2 Å². The number of hydrogen-bond donors (Lipinski definition) is 0. The van der Waals surface area contributed by atoms with E-state index in [1.54, 1.807) is 6.20 Å². The Morgan fingerprint density at radius 2 is 1.88 bits per heavy atom. The Bertz CT molecular complexity index is 917. The molecule has 3 nitrogen and oxygen atoms in total. The average Bonchev–Trinajstić information content (AvgIpc) is 2.73. The SMILES string of the molecule is CN1CCc2c(n(CCc3cncc(Cl)c3)c3ccc(Cl)cc23)CC1. The fraction of sp³-hybridized carbons (Fsp3) is 0.350. The molecule has 0 amide bonds. The van der Waals surface area contributed by atoms with E-state index in [2.05, 4.69) is 33.6 Å². The Balaban J connectivity index is 1.74. The fourth-order valence-corrected chi connectivity index (χ4v) is 4.18. The van der Waals surface area contributed by atoms with Gasteiger partial charge in [0.2, 0.25) is 0 Å². The molecule has 0 bridgehead atoms. The maximum atomic E-state index is 6.29. The van der Waals surface area contributed by atoms with Crippen molar-refractivity contribution in [3.05, 3.63) is 63.5 Å². The quantitative estimate of drug-likeness (QED) is 0.667. The number of halogens is 2. The molecule has 130 valence electrons. The minimum atomic E-state index is 0.696. The monoisotopic (exact) mass is 373 g/mol. The summed E-state index contributed by atoms with van der Waals surface area (Å²) in [6, 6.07) is 8.28. The van der Waals surface area contributed by atoms with Crippen molar-refractivity contribution in [1.82, 2.24) is 14.5 Å². The lowest BCUT2D eigenvalue weighted by atomic mass is 10.1. The highest BCUT2D eigenvalue weighted by Crippen LogP contribution is 2.31. The van der Waals surface area contributed by atoms with Gasteiger partial charge >= 0.3 is 0 Å². The second-order valence-electron chi connectivity index (χ2n) is 6.80. The Hall–Kier alpha value is -1.55. The molecule has 1 aromatic carbocycles. The van der Waals surface area contributed by atoms with Gasteiger partial charge in [-0.25, -0.2) is 0 Å². The molecule has 25 heavy (non-hydrogen) atoms. The van der Waals surface area contributed by atoms with Crippen molar-refractivity contribution in [3.8, 4) is 0 Å². The van der Waals surface area contributed by atoms with Crippen LogP contribution in [0.25, 0.3) is 10.9 Å². The van der Waals surface area contributed by atoms with Gasteiger partial charge in [-0.1, -0.05) is 23.2 Å². The van der Waals surface area contributed by atoms with Crippen molar-refractivity contribution in [1.29, 1.82) is 0 Å². The van der Waals surface area contributed by atoms with E-state index in [4.69, 9.17) is 23.2 Å². The third kappa shape index (κ3) is 3.41. The van der Waals surface area contributed by atoms with Crippen LogP contribution in [-0.2, 0) is 25.8 Å². The third-order valence-electron chi connectivity index (χ3n) is 5.11. The first-order valence-corrected chi connectivity index (χ1v) is 9.45. The van der Waals surface area contributed by atoms with Gasteiger partial charge in [-0.15, -0.1) is 0 Å². The highest BCUT2D eigenvalue weighted by molar-refractivity contribution is 6.31. The summed E-state index contributed by atoms with van der Waals surface area (Å²) in [6.45, 7) is 3.12. The van der Waals surface area contributed by atoms with Crippen LogP contribution in [0.3, 0.4) is 0 Å². The van der Waals surface area contributed by atoms with Crippen molar-refractivity contribution < 1.29 is 0 Å². The Morgan fingerprint density at radius 1 is 1.04 bits per heavy atom. The number of rotatable bonds is 3. The summed E-state index contributed by atoms with van der Waals surface area (Å²) >= 11 is 12.4. The van der Waals surface area contributed by atoms with Crippen LogP contribution in [0.4, 0.5) is 0 Å². The molecule has 1 aliphatic rings. The van der Waals surface area contributed by atoms with Gasteiger partial charge in [0.15, 0.2) is 0 Å². The van der Waals surface area contributed by atoms with Gasteiger partial charge < -0.3 is 9.47 Å². The smallest absolute Gasteiger partial charge is 0.0592 e. The number of benzene rings is 1. The van der Waals surface area contributed by atoms with E-state index in [1.165, 1.54) is 27.7 Å². The molecule has 3 aromatic rings. The molecule has 0 unspecified atom stereocenters. The molecule has 5 heteroatoms. The highest BCUT2D eigenvalue weighted by Gasteiger charge is 2.20. The number of fused-ring (bicyclic) bond motifs is 3. The molecule has 0 fully saturated rings. The normalized spacial score (nSPS) is 15.3. The summed E-state index contributed by atoms with van der Waals surface area (Å²) in [5, 5.41) is 2.81. The minimum Gasteiger partial charge on any atom is -0.344 e. The summed E-state index contributed by atoms with van der Waals surface area (Å²) in [4.78, 5) is 6.61.